The Hall–Kier alpha value is -2.32. The van der Waals surface area contributed by atoms with Crippen molar-refractivity contribution in [1.82, 2.24) is 20.2 Å². The molecule has 0 bridgehead atoms. The first kappa shape index (κ1) is 20.4. The van der Waals surface area contributed by atoms with Crippen LogP contribution in [-0.2, 0) is 19.7 Å². The molecule has 0 radical (unpaired) electrons. The monoisotopic (exact) mass is 465 g/mol. The van der Waals surface area contributed by atoms with Crippen molar-refractivity contribution < 1.29 is 9.47 Å². The van der Waals surface area contributed by atoms with Gasteiger partial charge in [0, 0.05) is 18.1 Å². The summed E-state index contributed by atoms with van der Waals surface area (Å²) in [6.07, 6.45) is 0. The number of halogens is 2. The first-order valence-corrected chi connectivity index (χ1v) is 10.1. The molecule has 0 aliphatic heterocycles. The fourth-order valence-corrected chi connectivity index (χ4v) is 3.32. The van der Waals surface area contributed by atoms with E-state index in [1.165, 1.54) is 0 Å². The zero-order valence-electron chi connectivity index (χ0n) is 15.7. The lowest BCUT2D eigenvalue weighted by Gasteiger charge is -2.16. The molecule has 1 N–H and O–H groups in total. The maximum atomic E-state index is 6.02. The Morgan fingerprint density at radius 2 is 1.89 bits per heavy atom. The molecule has 1 aromatic heterocycles. The highest BCUT2D eigenvalue weighted by Crippen LogP contribution is 2.37. The molecule has 148 valence electrons. The molecule has 0 aliphatic rings. The summed E-state index contributed by atoms with van der Waals surface area (Å²) in [6, 6.07) is 11.5. The van der Waals surface area contributed by atoms with Crippen LogP contribution in [0.25, 0.3) is 0 Å². The molecule has 1 heterocycles. The highest BCUT2D eigenvalue weighted by atomic mass is 79.9. The van der Waals surface area contributed by atoms with Crippen LogP contribution >= 0.6 is 27.5 Å². The Kier molecular flexibility index (Phi) is 7.11. The van der Waals surface area contributed by atoms with Gasteiger partial charge < -0.3 is 14.8 Å². The molecule has 28 heavy (non-hydrogen) atoms. The summed E-state index contributed by atoms with van der Waals surface area (Å²) in [5.41, 5.74) is 2.04. The van der Waals surface area contributed by atoms with Gasteiger partial charge in [-0.1, -0.05) is 28.8 Å². The van der Waals surface area contributed by atoms with Crippen molar-refractivity contribution in [1.29, 1.82) is 0 Å². The van der Waals surface area contributed by atoms with Crippen molar-refractivity contribution in [2.45, 2.75) is 33.5 Å². The van der Waals surface area contributed by atoms with Crippen molar-refractivity contribution in [3.05, 3.63) is 57.0 Å². The van der Waals surface area contributed by atoms with Crippen LogP contribution in [0, 0.1) is 0 Å². The third-order valence-electron chi connectivity index (χ3n) is 3.95. The molecule has 0 saturated heterocycles. The van der Waals surface area contributed by atoms with Crippen molar-refractivity contribution in [2.24, 2.45) is 0 Å². The van der Waals surface area contributed by atoms with Gasteiger partial charge in [0.25, 0.3) is 0 Å². The van der Waals surface area contributed by atoms with E-state index in [9.17, 15) is 0 Å². The number of hydrogen-bond acceptors (Lipinski definition) is 6. The van der Waals surface area contributed by atoms with Crippen molar-refractivity contribution in [3.8, 4) is 11.5 Å². The van der Waals surface area contributed by atoms with Gasteiger partial charge in [0.2, 0.25) is 5.95 Å². The number of ether oxygens (including phenoxy) is 2. The van der Waals surface area contributed by atoms with Crippen LogP contribution in [0.1, 0.15) is 25.0 Å². The molecule has 0 saturated carbocycles. The zero-order valence-corrected chi connectivity index (χ0v) is 18.0. The van der Waals surface area contributed by atoms with Crippen LogP contribution in [0.3, 0.4) is 0 Å². The number of nitrogens with one attached hydrogen (secondary N) is 1. The maximum absolute atomic E-state index is 6.02. The molecule has 0 unspecified atom stereocenters. The highest BCUT2D eigenvalue weighted by Gasteiger charge is 2.13. The molecule has 0 atom stereocenters. The quantitative estimate of drug-likeness (QED) is 0.493. The molecule has 9 heteroatoms. The lowest BCUT2D eigenvalue weighted by molar-refractivity contribution is 0.267. The minimum atomic E-state index is 0.415. The molecule has 0 spiro atoms. The van der Waals surface area contributed by atoms with Gasteiger partial charge in [-0.25, -0.2) is 4.68 Å². The van der Waals surface area contributed by atoms with Gasteiger partial charge >= 0.3 is 0 Å². The Balaban J connectivity index is 1.74. The lowest BCUT2D eigenvalue weighted by atomic mass is 10.2. The van der Waals surface area contributed by atoms with Crippen LogP contribution < -0.4 is 14.8 Å². The van der Waals surface area contributed by atoms with E-state index in [2.05, 4.69) is 36.8 Å². The number of hydrogen-bond donors (Lipinski definition) is 1. The Labute approximate surface area is 177 Å². The van der Waals surface area contributed by atoms with Crippen molar-refractivity contribution in [2.75, 3.05) is 11.9 Å². The lowest BCUT2D eigenvalue weighted by Crippen LogP contribution is -2.08. The summed E-state index contributed by atoms with van der Waals surface area (Å²) >= 11 is 9.54. The number of rotatable bonds is 9. The normalized spacial score (nSPS) is 10.7. The Bertz CT molecular complexity index is 917. The second kappa shape index (κ2) is 9.75. The van der Waals surface area contributed by atoms with E-state index in [-0.39, 0.29) is 0 Å². The molecule has 3 rings (SSSR count). The number of benzene rings is 2. The van der Waals surface area contributed by atoms with E-state index < -0.39 is 0 Å². The standard InChI is InChI=1S/C19H21BrClN5O2/c1-3-26-19(23-24-25-26)22-11-14-9-16(20)18(17(10-14)27-4-2)28-12-13-5-7-15(21)8-6-13/h5-10H,3-4,11-12H2,1-2H3,(H,22,23,25). The van der Waals surface area contributed by atoms with Crippen LogP contribution in [0.15, 0.2) is 40.9 Å². The average molecular weight is 467 g/mol. The van der Waals surface area contributed by atoms with Gasteiger partial charge in [0.1, 0.15) is 6.61 Å². The first-order chi connectivity index (χ1) is 13.6. The average Bonchev–Trinajstić information content (AvgIpc) is 3.15. The van der Waals surface area contributed by atoms with Crippen LogP contribution in [0.5, 0.6) is 11.5 Å². The van der Waals surface area contributed by atoms with Gasteiger partial charge in [0.15, 0.2) is 11.5 Å². The third kappa shape index (κ3) is 5.14. The van der Waals surface area contributed by atoms with Gasteiger partial charge in [-0.3, -0.25) is 0 Å². The summed E-state index contributed by atoms with van der Waals surface area (Å²) in [5, 5.41) is 15.5. The molecule has 3 aromatic rings. The summed E-state index contributed by atoms with van der Waals surface area (Å²) in [7, 11) is 0. The van der Waals surface area contributed by atoms with Crippen LogP contribution in [0.4, 0.5) is 5.95 Å². The molecule has 0 fully saturated rings. The maximum Gasteiger partial charge on any atom is 0.243 e. The molecular weight excluding hydrogens is 446 g/mol. The summed E-state index contributed by atoms with van der Waals surface area (Å²) < 4.78 is 14.3. The van der Waals surface area contributed by atoms with Gasteiger partial charge in [-0.05, 0) is 75.6 Å². The second-order valence-corrected chi connectivity index (χ2v) is 7.22. The van der Waals surface area contributed by atoms with Gasteiger partial charge in [-0.2, -0.15) is 0 Å². The topological polar surface area (TPSA) is 74.1 Å². The molecule has 7 nitrogen and oxygen atoms in total. The summed E-state index contributed by atoms with van der Waals surface area (Å²) in [5.74, 6) is 1.97. The highest BCUT2D eigenvalue weighted by molar-refractivity contribution is 9.10. The van der Waals surface area contributed by atoms with Gasteiger partial charge in [-0.15, -0.1) is 0 Å². The van der Waals surface area contributed by atoms with Gasteiger partial charge in [0.05, 0.1) is 11.1 Å². The van der Waals surface area contributed by atoms with E-state index in [0.717, 1.165) is 15.6 Å². The fourth-order valence-electron chi connectivity index (χ4n) is 2.59. The Morgan fingerprint density at radius 3 is 2.61 bits per heavy atom. The molecule has 0 amide bonds. The van der Waals surface area contributed by atoms with E-state index in [4.69, 9.17) is 21.1 Å². The number of tetrazole rings is 1. The van der Waals surface area contributed by atoms with Crippen LogP contribution in [-0.4, -0.2) is 26.8 Å². The predicted octanol–water partition coefficient (Wildman–Crippen LogP) is 4.70. The molecule has 2 aromatic carbocycles. The van der Waals surface area contributed by atoms with Crippen molar-refractivity contribution >= 4 is 33.5 Å². The van der Waals surface area contributed by atoms with E-state index in [1.54, 1.807) is 4.68 Å². The predicted molar refractivity (Wildman–Crippen MR) is 112 cm³/mol. The number of nitrogens with zero attached hydrogens (tertiary/aromatic N) is 4. The Morgan fingerprint density at radius 1 is 1.11 bits per heavy atom. The smallest absolute Gasteiger partial charge is 0.243 e. The zero-order chi connectivity index (χ0) is 19.9. The number of anilines is 1. The summed E-state index contributed by atoms with van der Waals surface area (Å²) in [6.45, 7) is 6.12. The van der Waals surface area contributed by atoms with Crippen molar-refractivity contribution in [3.63, 3.8) is 0 Å². The van der Waals surface area contributed by atoms with Crippen LogP contribution in [0.2, 0.25) is 5.02 Å². The third-order valence-corrected chi connectivity index (χ3v) is 4.79. The van der Waals surface area contributed by atoms with E-state index >= 15 is 0 Å². The minimum absolute atomic E-state index is 0.415. The fraction of sp³-hybridized carbons (Fsp3) is 0.316. The molecule has 0 aliphatic carbocycles. The number of aryl methyl sites for hydroxylation is 1. The first-order valence-electron chi connectivity index (χ1n) is 8.93. The largest absolute Gasteiger partial charge is 0.490 e. The molecular formula is C19H21BrClN5O2. The SMILES string of the molecule is CCOc1cc(CNc2nnnn2CC)cc(Br)c1OCc1ccc(Cl)cc1. The van der Waals surface area contributed by atoms with E-state index in [0.29, 0.717) is 48.8 Å². The van der Waals surface area contributed by atoms with E-state index in [1.807, 2.05) is 50.2 Å². The number of aromatic nitrogens is 4. The summed E-state index contributed by atoms with van der Waals surface area (Å²) in [4.78, 5) is 0. The second-order valence-electron chi connectivity index (χ2n) is 5.92. The minimum Gasteiger partial charge on any atom is -0.490 e.